The molecule has 0 saturated carbocycles. The van der Waals surface area contributed by atoms with Crippen molar-refractivity contribution in [3.63, 3.8) is 0 Å². The van der Waals surface area contributed by atoms with E-state index >= 15 is 0 Å². The number of nitrogens with zero attached hydrogens (tertiary/aromatic N) is 2. The van der Waals surface area contributed by atoms with Gasteiger partial charge in [0.25, 0.3) is 0 Å². The molecule has 1 aliphatic rings. The number of benzene rings is 1. The first-order valence-corrected chi connectivity index (χ1v) is 10.9. The van der Waals surface area contributed by atoms with E-state index in [2.05, 4.69) is 29.4 Å². The van der Waals surface area contributed by atoms with Crippen LogP contribution in [0.15, 0.2) is 23.2 Å². The minimum atomic E-state index is -0.0234. The summed E-state index contributed by atoms with van der Waals surface area (Å²) in [4.78, 5) is 7.33. The van der Waals surface area contributed by atoms with Gasteiger partial charge >= 0.3 is 0 Å². The van der Waals surface area contributed by atoms with Crippen molar-refractivity contribution >= 4 is 5.96 Å². The van der Waals surface area contributed by atoms with E-state index in [-0.39, 0.29) is 13.2 Å². The topological polar surface area (TPSA) is 78.4 Å². The van der Waals surface area contributed by atoms with Crippen molar-refractivity contribution in [3.8, 4) is 11.5 Å². The van der Waals surface area contributed by atoms with E-state index in [9.17, 15) is 0 Å². The number of ether oxygens (including phenoxy) is 2. The van der Waals surface area contributed by atoms with Crippen molar-refractivity contribution in [2.45, 2.75) is 52.1 Å². The number of methoxy groups -OCH3 is 1. The SMILES string of the molecule is CCCCN1CCC(NC(=NCc2ccc(OCCO)c(OC)c2)NCC)CC1. The van der Waals surface area contributed by atoms with E-state index in [1.54, 1.807) is 7.11 Å². The molecule has 0 spiro atoms. The van der Waals surface area contributed by atoms with Crippen molar-refractivity contribution in [3.05, 3.63) is 23.8 Å². The fourth-order valence-corrected chi connectivity index (χ4v) is 3.45. The van der Waals surface area contributed by atoms with Gasteiger partial charge in [0, 0.05) is 25.7 Å². The Bertz CT molecular complexity index is 616. The minimum Gasteiger partial charge on any atom is -0.493 e. The van der Waals surface area contributed by atoms with Crippen molar-refractivity contribution in [1.82, 2.24) is 15.5 Å². The maximum absolute atomic E-state index is 8.93. The van der Waals surface area contributed by atoms with Crippen LogP contribution in [0, 0.1) is 0 Å². The van der Waals surface area contributed by atoms with Gasteiger partial charge in [-0.05, 0) is 50.4 Å². The second kappa shape index (κ2) is 13.3. The van der Waals surface area contributed by atoms with Gasteiger partial charge in [-0.3, -0.25) is 0 Å². The normalized spacial score (nSPS) is 15.9. The highest BCUT2D eigenvalue weighted by atomic mass is 16.5. The van der Waals surface area contributed by atoms with Crippen LogP contribution in [-0.4, -0.2) is 68.5 Å². The first-order chi connectivity index (χ1) is 14.2. The molecule has 0 aliphatic carbocycles. The second-order valence-electron chi connectivity index (χ2n) is 7.37. The third-order valence-corrected chi connectivity index (χ3v) is 5.10. The van der Waals surface area contributed by atoms with Gasteiger partial charge in [-0.15, -0.1) is 0 Å². The summed E-state index contributed by atoms with van der Waals surface area (Å²) < 4.78 is 10.9. The number of aliphatic hydroxyl groups is 1. The van der Waals surface area contributed by atoms with Crippen LogP contribution in [-0.2, 0) is 6.54 Å². The van der Waals surface area contributed by atoms with Crippen molar-refractivity contribution < 1.29 is 14.6 Å². The number of likely N-dealkylation sites (tertiary alicyclic amines) is 1. The predicted octanol–water partition coefficient (Wildman–Crippen LogP) is 2.39. The van der Waals surface area contributed by atoms with Crippen LogP contribution >= 0.6 is 0 Å². The lowest BCUT2D eigenvalue weighted by Crippen LogP contribution is -2.48. The fraction of sp³-hybridized carbons (Fsp3) is 0.682. The van der Waals surface area contributed by atoms with E-state index in [0.29, 0.717) is 24.1 Å². The smallest absolute Gasteiger partial charge is 0.191 e. The number of hydrogen-bond donors (Lipinski definition) is 3. The number of aliphatic imine (C=N–C) groups is 1. The molecule has 2 rings (SSSR count). The standard InChI is InChI=1S/C22H38N4O3/c1-4-6-11-26-12-9-19(10-13-26)25-22(23-5-2)24-17-18-7-8-20(29-15-14-27)21(16-18)28-3/h7-8,16,19,27H,4-6,9-15,17H2,1-3H3,(H2,23,24,25). The van der Waals surface area contributed by atoms with E-state index < -0.39 is 0 Å². The molecular weight excluding hydrogens is 368 g/mol. The number of unbranched alkanes of at least 4 members (excludes halogenated alkanes) is 1. The minimum absolute atomic E-state index is 0.0234. The summed E-state index contributed by atoms with van der Waals surface area (Å²) >= 11 is 0. The first kappa shape index (κ1) is 23.3. The Morgan fingerprint density at radius 1 is 1.24 bits per heavy atom. The largest absolute Gasteiger partial charge is 0.493 e. The highest BCUT2D eigenvalue weighted by Gasteiger charge is 2.19. The van der Waals surface area contributed by atoms with E-state index in [1.807, 2.05) is 18.2 Å². The Kier molecular flexibility index (Phi) is 10.7. The zero-order chi connectivity index (χ0) is 20.9. The summed E-state index contributed by atoms with van der Waals surface area (Å²) in [6.45, 7) is 9.48. The molecule has 1 aliphatic heterocycles. The summed E-state index contributed by atoms with van der Waals surface area (Å²) in [5.41, 5.74) is 1.05. The highest BCUT2D eigenvalue weighted by molar-refractivity contribution is 5.80. The third kappa shape index (κ3) is 8.11. The van der Waals surface area contributed by atoms with E-state index in [1.165, 1.54) is 19.4 Å². The molecule has 0 atom stereocenters. The second-order valence-corrected chi connectivity index (χ2v) is 7.37. The maximum Gasteiger partial charge on any atom is 0.191 e. The molecule has 1 aromatic rings. The zero-order valence-electron chi connectivity index (χ0n) is 18.2. The summed E-state index contributed by atoms with van der Waals surface area (Å²) in [5, 5.41) is 15.9. The Labute approximate surface area is 175 Å². The van der Waals surface area contributed by atoms with Crippen LogP contribution < -0.4 is 20.1 Å². The molecule has 7 nitrogen and oxygen atoms in total. The lowest BCUT2D eigenvalue weighted by molar-refractivity contribution is 0.196. The molecule has 29 heavy (non-hydrogen) atoms. The molecule has 3 N–H and O–H groups in total. The summed E-state index contributed by atoms with van der Waals surface area (Å²) in [5.74, 6) is 2.15. The molecular formula is C22H38N4O3. The number of piperidine rings is 1. The van der Waals surface area contributed by atoms with Gasteiger partial charge in [-0.1, -0.05) is 19.4 Å². The van der Waals surface area contributed by atoms with E-state index in [4.69, 9.17) is 19.6 Å². The quantitative estimate of drug-likeness (QED) is 0.387. The number of guanidine groups is 1. The van der Waals surface area contributed by atoms with Crippen LogP contribution in [0.25, 0.3) is 0 Å². The molecule has 1 fully saturated rings. The maximum atomic E-state index is 8.93. The molecule has 0 bridgehead atoms. The highest BCUT2D eigenvalue weighted by Crippen LogP contribution is 2.28. The van der Waals surface area contributed by atoms with E-state index in [0.717, 1.165) is 44.0 Å². The molecule has 0 unspecified atom stereocenters. The molecule has 7 heteroatoms. The molecule has 0 aromatic heterocycles. The molecule has 1 aromatic carbocycles. The number of rotatable bonds is 11. The van der Waals surface area contributed by atoms with Crippen molar-refractivity contribution in [1.29, 1.82) is 0 Å². The van der Waals surface area contributed by atoms with Gasteiger partial charge in [0.2, 0.25) is 0 Å². The zero-order valence-corrected chi connectivity index (χ0v) is 18.2. The average Bonchev–Trinajstić information content (AvgIpc) is 2.76. The van der Waals surface area contributed by atoms with Crippen LogP contribution in [0.3, 0.4) is 0 Å². The van der Waals surface area contributed by atoms with Gasteiger partial charge < -0.3 is 30.1 Å². The Morgan fingerprint density at radius 3 is 2.69 bits per heavy atom. The van der Waals surface area contributed by atoms with Crippen LogP contribution in [0.2, 0.25) is 0 Å². The number of hydrogen-bond acceptors (Lipinski definition) is 5. The molecule has 1 heterocycles. The Hall–Kier alpha value is -1.99. The van der Waals surface area contributed by atoms with Crippen LogP contribution in [0.5, 0.6) is 11.5 Å². The number of aliphatic hydroxyl groups excluding tert-OH is 1. The fourth-order valence-electron chi connectivity index (χ4n) is 3.45. The number of nitrogens with one attached hydrogen (secondary N) is 2. The molecule has 164 valence electrons. The van der Waals surface area contributed by atoms with Gasteiger partial charge in [-0.25, -0.2) is 4.99 Å². The monoisotopic (exact) mass is 406 g/mol. The van der Waals surface area contributed by atoms with Crippen molar-refractivity contribution in [2.75, 3.05) is 46.5 Å². The van der Waals surface area contributed by atoms with Gasteiger partial charge in [0.05, 0.1) is 20.3 Å². The van der Waals surface area contributed by atoms with Crippen LogP contribution in [0.1, 0.15) is 45.1 Å². The third-order valence-electron chi connectivity index (χ3n) is 5.10. The van der Waals surface area contributed by atoms with Gasteiger partial charge in [0.1, 0.15) is 6.61 Å². The van der Waals surface area contributed by atoms with Crippen molar-refractivity contribution in [2.24, 2.45) is 4.99 Å². The Morgan fingerprint density at radius 2 is 2.03 bits per heavy atom. The van der Waals surface area contributed by atoms with Gasteiger partial charge in [-0.2, -0.15) is 0 Å². The molecule has 0 radical (unpaired) electrons. The Balaban J connectivity index is 1.91. The molecule has 1 saturated heterocycles. The lowest BCUT2D eigenvalue weighted by Gasteiger charge is -2.33. The van der Waals surface area contributed by atoms with Gasteiger partial charge in [0.15, 0.2) is 17.5 Å². The molecule has 0 amide bonds. The summed E-state index contributed by atoms with van der Waals surface area (Å²) in [7, 11) is 1.62. The summed E-state index contributed by atoms with van der Waals surface area (Å²) in [6.07, 6.45) is 4.85. The predicted molar refractivity (Wildman–Crippen MR) is 118 cm³/mol. The summed E-state index contributed by atoms with van der Waals surface area (Å²) in [6, 6.07) is 6.25. The van der Waals surface area contributed by atoms with Crippen LogP contribution in [0.4, 0.5) is 0 Å². The lowest BCUT2D eigenvalue weighted by atomic mass is 10.0. The average molecular weight is 407 g/mol. The first-order valence-electron chi connectivity index (χ1n) is 10.9.